The standard InChI is InChI=1S/C15H16N2O4S/c1-12(13-6-4-3-5-7-13)16(2)22(20,21)15-10-8-14(9-11-15)17(18)19/h3-12H,1-2H3/t12-/m0/s1. The SMILES string of the molecule is C[C@@H](c1ccccc1)N(C)S(=O)(=O)c1ccc([N+](=O)[O-])cc1. The van der Waals surface area contributed by atoms with Crippen molar-refractivity contribution in [3.63, 3.8) is 0 Å². The molecule has 0 heterocycles. The molecule has 22 heavy (non-hydrogen) atoms. The summed E-state index contributed by atoms with van der Waals surface area (Å²) in [5, 5.41) is 10.6. The summed E-state index contributed by atoms with van der Waals surface area (Å²) in [6.45, 7) is 1.79. The van der Waals surface area contributed by atoms with Crippen LogP contribution >= 0.6 is 0 Å². The van der Waals surface area contributed by atoms with E-state index in [-0.39, 0.29) is 16.6 Å². The number of nitro benzene ring substituents is 1. The Morgan fingerprint density at radius 3 is 2.09 bits per heavy atom. The third kappa shape index (κ3) is 3.15. The first-order valence-electron chi connectivity index (χ1n) is 6.61. The summed E-state index contributed by atoms with van der Waals surface area (Å²) in [6.07, 6.45) is 0. The molecule has 0 N–H and O–H groups in total. The van der Waals surface area contributed by atoms with Gasteiger partial charge in [0.2, 0.25) is 10.0 Å². The van der Waals surface area contributed by atoms with Gasteiger partial charge >= 0.3 is 0 Å². The molecule has 0 aliphatic heterocycles. The first-order valence-corrected chi connectivity index (χ1v) is 8.05. The van der Waals surface area contributed by atoms with E-state index in [1.807, 2.05) is 30.3 Å². The second kappa shape index (κ2) is 6.25. The molecule has 2 aromatic rings. The van der Waals surface area contributed by atoms with Crippen molar-refractivity contribution in [1.29, 1.82) is 0 Å². The van der Waals surface area contributed by atoms with Crippen molar-refractivity contribution in [3.05, 3.63) is 70.3 Å². The van der Waals surface area contributed by atoms with Crippen LogP contribution in [0.3, 0.4) is 0 Å². The van der Waals surface area contributed by atoms with Gasteiger partial charge in [-0.05, 0) is 24.6 Å². The average Bonchev–Trinajstić information content (AvgIpc) is 2.54. The van der Waals surface area contributed by atoms with Gasteiger partial charge in [-0.2, -0.15) is 4.31 Å². The van der Waals surface area contributed by atoms with Gasteiger partial charge in [-0.1, -0.05) is 30.3 Å². The average molecular weight is 320 g/mol. The highest BCUT2D eigenvalue weighted by Gasteiger charge is 2.26. The van der Waals surface area contributed by atoms with Crippen molar-refractivity contribution in [2.45, 2.75) is 17.9 Å². The lowest BCUT2D eigenvalue weighted by atomic mass is 10.1. The van der Waals surface area contributed by atoms with E-state index in [0.29, 0.717) is 0 Å². The van der Waals surface area contributed by atoms with Crippen molar-refractivity contribution in [1.82, 2.24) is 4.31 Å². The Morgan fingerprint density at radius 1 is 1.05 bits per heavy atom. The first-order chi connectivity index (χ1) is 10.3. The smallest absolute Gasteiger partial charge is 0.258 e. The molecule has 0 saturated heterocycles. The number of sulfonamides is 1. The van der Waals surface area contributed by atoms with Crippen LogP contribution in [-0.2, 0) is 10.0 Å². The monoisotopic (exact) mass is 320 g/mol. The maximum absolute atomic E-state index is 12.6. The number of hydrogen-bond acceptors (Lipinski definition) is 4. The van der Waals surface area contributed by atoms with Crippen molar-refractivity contribution >= 4 is 15.7 Å². The summed E-state index contributed by atoms with van der Waals surface area (Å²) in [7, 11) is -2.22. The second-order valence-corrected chi connectivity index (χ2v) is 6.86. The van der Waals surface area contributed by atoms with Crippen LogP contribution in [0.15, 0.2) is 59.5 Å². The van der Waals surface area contributed by atoms with Crippen molar-refractivity contribution < 1.29 is 13.3 Å². The minimum absolute atomic E-state index is 0.0309. The Hall–Kier alpha value is -2.25. The largest absolute Gasteiger partial charge is 0.269 e. The van der Waals surface area contributed by atoms with Gasteiger partial charge in [-0.25, -0.2) is 8.42 Å². The molecule has 7 heteroatoms. The van der Waals surface area contributed by atoms with E-state index in [2.05, 4.69) is 0 Å². The molecule has 0 aliphatic carbocycles. The fourth-order valence-corrected chi connectivity index (χ4v) is 3.41. The van der Waals surface area contributed by atoms with E-state index in [9.17, 15) is 18.5 Å². The number of nitrogens with zero attached hydrogens (tertiary/aromatic N) is 2. The first kappa shape index (κ1) is 16.1. The molecular weight excluding hydrogens is 304 g/mol. The maximum Gasteiger partial charge on any atom is 0.269 e. The Kier molecular flexibility index (Phi) is 4.58. The number of benzene rings is 2. The topological polar surface area (TPSA) is 80.5 Å². The highest BCUT2D eigenvalue weighted by atomic mass is 32.2. The zero-order valence-electron chi connectivity index (χ0n) is 12.2. The van der Waals surface area contributed by atoms with Crippen LogP contribution in [0.25, 0.3) is 0 Å². The van der Waals surface area contributed by atoms with E-state index in [0.717, 1.165) is 5.56 Å². The van der Waals surface area contributed by atoms with Gasteiger partial charge in [0.15, 0.2) is 0 Å². The molecule has 116 valence electrons. The fraction of sp³-hybridized carbons (Fsp3) is 0.200. The summed E-state index contributed by atoms with van der Waals surface area (Å²) in [5.41, 5.74) is 0.730. The Bertz CT molecular complexity index is 758. The van der Waals surface area contributed by atoms with Crippen LogP contribution in [0.2, 0.25) is 0 Å². The maximum atomic E-state index is 12.6. The van der Waals surface area contributed by atoms with Crippen LogP contribution in [0.5, 0.6) is 0 Å². The highest BCUT2D eigenvalue weighted by molar-refractivity contribution is 7.89. The molecule has 0 radical (unpaired) electrons. The molecule has 2 rings (SSSR count). The predicted molar refractivity (Wildman–Crippen MR) is 82.9 cm³/mol. The van der Waals surface area contributed by atoms with Crippen molar-refractivity contribution in [3.8, 4) is 0 Å². The highest BCUT2D eigenvalue weighted by Crippen LogP contribution is 2.26. The third-order valence-electron chi connectivity index (χ3n) is 3.55. The van der Waals surface area contributed by atoms with Gasteiger partial charge in [0.25, 0.3) is 5.69 Å². The molecule has 2 aromatic carbocycles. The van der Waals surface area contributed by atoms with E-state index >= 15 is 0 Å². The quantitative estimate of drug-likeness (QED) is 0.626. The van der Waals surface area contributed by atoms with Crippen LogP contribution in [0, 0.1) is 10.1 Å². The molecule has 0 saturated carbocycles. The molecular formula is C15H16N2O4S. The Morgan fingerprint density at radius 2 is 1.59 bits per heavy atom. The molecule has 0 fully saturated rings. The van der Waals surface area contributed by atoms with Crippen LogP contribution < -0.4 is 0 Å². The molecule has 6 nitrogen and oxygen atoms in total. The second-order valence-electron chi connectivity index (χ2n) is 4.86. The summed E-state index contributed by atoms with van der Waals surface area (Å²) in [6, 6.07) is 13.8. The summed E-state index contributed by atoms with van der Waals surface area (Å²) in [4.78, 5) is 10.1. The minimum Gasteiger partial charge on any atom is -0.258 e. The molecule has 0 aromatic heterocycles. The van der Waals surface area contributed by atoms with Crippen molar-refractivity contribution in [2.75, 3.05) is 7.05 Å². The summed E-state index contributed by atoms with van der Waals surface area (Å²) >= 11 is 0. The van der Waals surface area contributed by atoms with E-state index < -0.39 is 14.9 Å². The van der Waals surface area contributed by atoms with Gasteiger partial charge in [0.1, 0.15) is 0 Å². The predicted octanol–water partition coefficient (Wildman–Crippen LogP) is 2.98. The van der Waals surface area contributed by atoms with Gasteiger partial charge in [0.05, 0.1) is 9.82 Å². The molecule has 0 aliphatic rings. The van der Waals surface area contributed by atoms with E-state index in [1.165, 1.54) is 35.6 Å². The number of nitro groups is 1. The normalized spacial score (nSPS) is 13.0. The lowest BCUT2D eigenvalue weighted by Crippen LogP contribution is -2.29. The molecule has 0 bridgehead atoms. The Balaban J connectivity index is 2.31. The number of rotatable bonds is 5. The van der Waals surface area contributed by atoms with Crippen LogP contribution in [-0.4, -0.2) is 24.7 Å². The molecule has 0 amide bonds. The summed E-state index contributed by atoms with van der Waals surface area (Å²) in [5.74, 6) is 0. The van der Waals surface area contributed by atoms with E-state index in [4.69, 9.17) is 0 Å². The lowest BCUT2D eigenvalue weighted by molar-refractivity contribution is -0.384. The van der Waals surface area contributed by atoms with Crippen LogP contribution in [0.4, 0.5) is 5.69 Å². The number of hydrogen-bond donors (Lipinski definition) is 0. The van der Waals surface area contributed by atoms with Crippen molar-refractivity contribution in [2.24, 2.45) is 0 Å². The third-order valence-corrected chi connectivity index (χ3v) is 5.49. The van der Waals surface area contributed by atoms with E-state index in [1.54, 1.807) is 6.92 Å². The molecule has 0 spiro atoms. The molecule has 1 atom stereocenters. The zero-order valence-corrected chi connectivity index (χ0v) is 13.0. The summed E-state index contributed by atoms with van der Waals surface area (Å²) < 4.78 is 26.4. The number of non-ortho nitro benzene ring substituents is 1. The fourth-order valence-electron chi connectivity index (χ4n) is 2.06. The minimum atomic E-state index is -3.72. The van der Waals surface area contributed by atoms with Crippen LogP contribution in [0.1, 0.15) is 18.5 Å². The zero-order chi connectivity index (χ0) is 16.3. The van der Waals surface area contributed by atoms with Gasteiger partial charge in [-0.3, -0.25) is 10.1 Å². The lowest BCUT2D eigenvalue weighted by Gasteiger charge is -2.24. The Labute approximate surface area is 129 Å². The van der Waals surface area contributed by atoms with Gasteiger partial charge in [-0.15, -0.1) is 0 Å². The molecule has 0 unspecified atom stereocenters. The van der Waals surface area contributed by atoms with Gasteiger partial charge < -0.3 is 0 Å². The van der Waals surface area contributed by atoms with Gasteiger partial charge in [0, 0.05) is 25.2 Å².